The van der Waals surface area contributed by atoms with Gasteiger partial charge in [-0.15, -0.1) is 0 Å². The average molecular weight is 438 g/mol. The van der Waals surface area contributed by atoms with Crippen LogP contribution in [-0.4, -0.2) is 20.6 Å². The molecule has 0 unspecified atom stereocenters. The smallest absolute Gasteiger partial charge is 0.255 e. The van der Waals surface area contributed by atoms with Gasteiger partial charge in [-0.3, -0.25) is 4.79 Å². The van der Waals surface area contributed by atoms with Crippen LogP contribution < -0.4 is 5.32 Å². The first-order chi connectivity index (χ1) is 16.1. The first-order valence-electron chi connectivity index (χ1n) is 10.3. The first-order valence-corrected chi connectivity index (χ1v) is 10.3. The van der Waals surface area contributed by atoms with Crippen LogP contribution in [0.4, 0.5) is 10.1 Å². The maximum Gasteiger partial charge on any atom is 0.255 e. The van der Waals surface area contributed by atoms with E-state index in [0.29, 0.717) is 17.0 Å². The number of aryl methyl sites for hydroxylation is 1. The van der Waals surface area contributed by atoms with E-state index >= 15 is 0 Å². The predicted octanol–water partition coefficient (Wildman–Crippen LogP) is 5.89. The van der Waals surface area contributed by atoms with Gasteiger partial charge >= 0.3 is 0 Å². The molecule has 7 heteroatoms. The van der Waals surface area contributed by atoms with Gasteiger partial charge in [-0.25, -0.2) is 9.37 Å². The van der Waals surface area contributed by atoms with Crippen LogP contribution in [0, 0.1) is 12.7 Å². The number of carbonyl (C=O) groups is 1. The van der Waals surface area contributed by atoms with E-state index in [9.17, 15) is 9.18 Å². The molecule has 1 N–H and O–H groups in total. The van der Waals surface area contributed by atoms with Crippen LogP contribution in [0.2, 0.25) is 0 Å². The molecule has 0 saturated heterocycles. The third kappa shape index (κ3) is 4.16. The third-order valence-corrected chi connectivity index (χ3v) is 5.26. The van der Waals surface area contributed by atoms with E-state index in [1.54, 1.807) is 30.6 Å². The molecule has 0 aliphatic heterocycles. The minimum Gasteiger partial charge on any atom is -0.360 e. The monoisotopic (exact) mass is 438 g/mol. The van der Waals surface area contributed by atoms with Gasteiger partial charge in [-0.05, 0) is 49.4 Å². The van der Waals surface area contributed by atoms with Gasteiger partial charge in [0, 0.05) is 28.7 Å². The fraction of sp³-hybridized carbons (Fsp3) is 0.0385. The molecule has 0 fully saturated rings. The Morgan fingerprint density at radius 2 is 1.79 bits per heavy atom. The molecule has 5 rings (SSSR count). The van der Waals surface area contributed by atoms with Gasteiger partial charge in [-0.1, -0.05) is 41.6 Å². The number of rotatable bonds is 5. The number of aromatic nitrogens is 3. The number of benzene rings is 3. The molecule has 0 aliphatic carbocycles. The molecule has 1 amide bonds. The highest BCUT2D eigenvalue weighted by Gasteiger charge is 2.19. The fourth-order valence-electron chi connectivity index (χ4n) is 3.61. The fourth-order valence-corrected chi connectivity index (χ4v) is 3.61. The number of anilines is 1. The van der Waals surface area contributed by atoms with Crippen molar-refractivity contribution in [1.29, 1.82) is 0 Å². The van der Waals surface area contributed by atoms with Crippen LogP contribution >= 0.6 is 0 Å². The summed E-state index contributed by atoms with van der Waals surface area (Å²) in [4.78, 5) is 17.0. The highest BCUT2D eigenvalue weighted by Crippen LogP contribution is 2.33. The molecule has 0 atom stereocenters. The number of hydrogen-bond donors (Lipinski definition) is 1. The normalized spacial score (nSPS) is 10.8. The lowest BCUT2D eigenvalue weighted by Gasteiger charge is -2.07. The van der Waals surface area contributed by atoms with Crippen molar-refractivity contribution < 1.29 is 13.7 Å². The molecule has 0 bridgehead atoms. The molecule has 0 saturated carbocycles. The molecule has 2 aromatic heterocycles. The van der Waals surface area contributed by atoms with E-state index in [1.165, 1.54) is 12.1 Å². The highest BCUT2D eigenvalue weighted by molar-refractivity contribution is 6.04. The maximum atomic E-state index is 13.3. The molecule has 162 valence electrons. The highest BCUT2D eigenvalue weighted by atomic mass is 19.1. The van der Waals surface area contributed by atoms with E-state index in [2.05, 4.69) is 15.5 Å². The van der Waals surface area contributed by atoms with Crippen LogP contribution in [0.1, 0.15) is 16.1 Å². The molecule has 0 radical (unpaired) electrons. The van der Waals surface area contributed by atoms with Gasteiger partial charge in [-0.2, -0.15) is 0 Å². The minimum atomic E-state index is -0.405. The van der Waals surface area contributed by atoms with Crippen molar-refractivity contribution in [3.63, 3.8) is 0 Å². The van der Waals surface area contributed by atoms with Crippen molar-refractivity contribution in [2.75, 3.05) is 5.32 Å². The Kier molecular flexibility index (Phi) is 5.28. The lowest BCUT2D eigenvalue weighted by Crippen LogP contribution is -2.12. The van der Waals surface area contributed by atoms with Gasteiger partial charge in [0.2, 0.25) is 0 Å². The lowest BCUT2D eigenvalue weighted by atomic mass is 10.0. The number of nitrogens with zero attached hydrogens (tertiary/aromatic N) is 3. The quantitative estimate of drug-likeness (QED) is 0.371. The Morgan fingerprint density at radius 1 is 1.00 bits per heavy atom. The minimum absolute atomic E-state index is 0.314. The number of nitrogens with one attached hydrogen (secondary N) is 1. The lowest BCUT2D eigenvalue weighted by molar-refractivity contribution is 0.102. The summed E-state index contributed by atoms with van der Waals surface area (Å²) in [5, 5.41) is 6.92. The molecule has 33 heavy (non-hydrogen) atoms. The largest absolute Gasteiger partial charge is 0.360 e. The van der Waals surface area contributed by atoms with Gasteiger partial charge < -0.3 is 14.4 Å². The van der Waals surface area contributed by atoms with Gasteiger partial charge in [0.25, 0.3) is 5.91 Å². The van der Waals surface area contributed by atoms with E-state index < -0.39 is 5.82 Å². The Labute approximate surface area is 189 Å². The molecule has 6 nitrogen and oxygen atoms in total. The summed E-state index contributed by atoms with van der Waals surface area (Å²) in [5.74, 6) is -0.0351. The van der Waals surface area contributed by atoms with Crippen molar-refractivity contribution in [3.8, 4) is 28.2 Å². The first kappa shape index (κ1) is 20.4. The zero-order valence-electron chi connectivity index (χ0n) is 17.7. The Hall–Kier alpha value is -4.52. The van der Waals surface area contributed by atoms with Gasteiger partial charge in [0.15, 0.2) is 0 Å². The molecular formula is C26H19FN4O2. The molecular weight excluding hydrogens is 419 g/mol. The van der Waals surface area contributed by atoms with Crippen molar-refractivity contribution in [3.05, 3.63) is 109 Å². The van der Waals surface area contributed by atoms with Crippen LogP contribution in [-0.2, 0) is 0 Å². The average Bonchev–Trinajstić information content (AvgIpc) is 3.46. The van der Waals surface area contributed by atoms with Crippen molar-refractivity contribution >= 4 is 11.6 Å². The Balaban J connectivity index is 1.38. The van der Waals surface area contributed by atoms with E-state index in [1.807, 2.05) is 60.2 Å². The summed E-state index contributed by atoms with van der Waals surface area (Å²) < 4.78 is 20.7. The second-order valence-electron chi connectivity index (χ2n) is 7.51. The SMILES string of the molecule is Cc1onc(-c2ccccc2)c1-c1cn(-c2ccc(C(=O)Nc3cccc(F)c3)cc2)cn1. The molecule has 3 aromatic carbocycles. The van der Waals surface area contributed by atoms with Crippen molar-refractivity contribution in [1.82, 2.24) is 14.7 Å². The summed E-state index contributed by atoms with van der Waals surface area (Å²) in [6.07, 6.45) is 3.60. The number of imidazole rings is 1. The van der Waals surface area contributed by atoms with Crippen LogP contribution in [0.15, 0.2) is 95.9 Å². The summed E-state index contributed by atoms with van der Waals surface area (Å²) in [5.41, 5.74) is 4.97. The summed E-state index contributed by atoms with van der Waals surface area (Å²) in [6, 6.07) is 22.7. The van der Waals surface area contributed by atoms with E-state index in [-0.39, 0.29) is 5.91 Å². The standard InChI is InChI=1S/C26H19FN4O2/c1-17-24(25(30-33-17)18-6-3-2-4-7-18)23-15-31(16-28-23)22-12-10-19(11-13-22)26(32)29-21-9-5-8-20(27)14-21/h2-16H,1H3,(H,29,32). The maximum absolute atomic E-state index is 13.3. The molecule has 2 heterocycles. The van der Waals surface area contributed by atoms with Gasteiger partial charge in [0.05, 0.1) is 17.6 Å². The second kappa shape index (κ2) is 8.55. The summed E-state index contributed by atoms with van der Waals surface area (Å²) >= 11 is 0. The van der Waals surface area contributed by atoms with Crippen LogP contribution in [0.25, 0.3) is 28.2 Å². The molecule has 0 spiro atoms. The van der Waals surface area contributed by atoms with E-state index in [0.717, 1.165) is 28.2 Å². The van der Waals surface area contributed by atoms with Crippen LogP contribution in [0.5, 0.6) is 0 Å². The zero-order valence-corrected chi connectivity index (χ0v) is 17.7. The topological polar surface area (TPSA) is 73.0 Å². The summed E-state index contributed by atoms with van der Waals surface area (Å²) in [7, 11) is 0. The number of carbonyl (C=O) groups excluding carboxylic acids is 1. The van der Waals surface area contributed by atoms with Crippen molar-refractivity contribution in [2.24, 2.45) is 0 Å². The summed E-state index contributed by atoms with van der Waals surface area (Å²) in [6.45, 7) is 1.86. The van der Waals surface area contributed by atoms with Crippen LogP contribution in [0.3, 0.4) is 0 Å². The predicted molar refractivity (Wildman–Crippen MR) is 124 cm³/mol. The van der Waals surface area contributed by atoms with Gasteiger partial charge in [0.1, 0.15) is 17.3 Å². The van der Waals surface area contributed by atoms with E-state index in [4.69, 9.17) is 4.52 Å². The van der Waals surface area contributed by atoms with Crippen molar-refractivity contribution in [2.45, 2.75) is 6.92 Å². The molecule has 0 aliphatic rings. The third-order valence-electron chi connectivity index (χ3n) is 5.26. The zero-order chi connectivity index (χ0) is 22.8. The Morgan fingerprint density at radius 3 is 2.55 bits per heavy atom. The Bertz CT molecular complexity index is 1420. The number of halogens is 1. The molecule has 5 aromatic rings. The number of amides is 1. The second-order valence-corrected chi connectivity index (χ2v) is 7.51. The number of hydrogen-bond acceptors (Lipinski definition) is 4.